The molecule has 0 N–H and O–H groups in total. The van der Waals surface area contributed by atoms with Crippen molar-refractivity contribution >= 4 is 44.6 Å². The fourth-order valence-electron chi connectivity index (χ4n) is 12.5. The van der Waals surface area contributed by atoms with Gasteiger partial charge in [0, 0.05) is 83.4 Å². The molecule has 1 saturated carbocycles. The van der Waals surface area contributed by atoms with Crippen molar-refractivity contribution in [2.45, 2.75) is 37.4 Å². The van der Waals surface area contributed by atoms with Crippen molar-refractivity contribution in [2.24, 2.45) is 0 Å². The molecule has 5 nitrogen and oxygen atoms in total. The molecule has 84 heavy (non-hydrogen) atoms. The normalized spacial score (nSPS) is 15.5. The van der Waals surface area contributed by atoms with Gasteiger partial charge in [-0.3, -0.25) is 0 Å². The van der Waals surface area contributed by atoms with Crippen molar-refractivity contribution in [3.8, 4) is 73.0 Å². The number of hydrogen-bond donors (Lipinski definition) is 0. The molecule has 0 bridgehead atoms. The first-order valence-corrected chi connectivity index (χ1v) is 28.4. The molecular weight excluding hydrogens is 1200 g/mol. The molecule has 0 radical (unpaired) electrons. The van der Waals surface area contributed by atoms with E-state index in [0.29, 0.717) is 40.4 Å². The summed E-state index contributed by atoms with van der Waals surface area (Å²) < 4.78 is 48.0. The summed E-state index contributed by atoms with van der Waals surface area (Å²) in [6.07, 6.45) is -1.30. The van der Waals surface area contributed by atoms with E-state index < -0.39 is 18.2 Å². The Balaban J connectivity index is 0.00000680. The second kappa shape index (κ2) is 22.7. The van der Waals surface area contributed by atoms with Crippen molar-refractivity contribution in [3.05, 3.63) is 309 Å². The maximum Gasteiger partial charge on any atom is 0.135 e. The number of hydrogen-bond acceptors (Lipinski definition) is 4. The van der Waals surface area contributed by atoms with Crippen LogP contribution in [0.4, 0.5) is 22.7 Å². The van der Waals surface area contributed by atoms with Crippen LogP contribution in [0.3, 0.4) is 0 Å². The maximum absolute atomic E-state index is 9.69. The van der Waals surface area contributed by atoms with E-state index >= 15 is 0 Å². The third kappa shape index (κ3) is 9.49. The smallest absolute Gasteiger partial charge is 0.135 e. The second-order valence-corrected chi connectivity index (χ2v) is 21.1. The zero-order chi connectivity index (χ0) is 58.7. The fourth-order valence-corrected chi connectivity index (χ4v) is 12.5. The number of fused-ring (bicyclic) bond motifs is 4. The van der Waals surface area contributed by atoms with Gasteiger partial charge < -0.3 is 19.1 Å². The summed E-state index contributed by atoms with van der Waals surface area (Å²) in [5.41, 5.74) is 15.4. The SMILES string of the molecule is [2H]C1([2H])CCCC([2H])([2H])C1(c1ccccc1)c1ccnc(-n2c3[c-]c(Oc4[c-]c(N5[CH-]N(c6c(-c7ccccc7)cccc6-c6ccccc6)c6ccccc65)cc(-c5c(-c6ccccc6)cccc5-c5ccccc5)c4)ccc3c3ccccc32)c1.[Pt]. The summed E-state index contributed by atoms with van der Waals surface area (Å²) in [4.78, 5) is 9.54. The van der Waals surface area contributed by atoms with Crippen LogP contribution >= 0.6 is 0 Å². The standard InChI is InChI=1S/C78H57N4O.Pt/c1-7-25-55(26-8-1)65-36-23-37-66(56-27-9-2-10-28-56)76(65)59-49-62(80-54-81(73-42-20-19-41-72(73)80)77-67(57-29-11-3-12-30-57)38-24-39-68(77)58-31-13-4-14-32-58)52-64(50-59)83-63-43-44-70-69-35-17-18-40-71(69)82(74(70)53-63)75-51-61(45-48-79-75)78(46-21-6-22-47-78)60-33-15-5-16-34-60;/h1-5,7-20,23-45,48-51,54H,6,21-22,46-47H2;/q-3;/i46D2,47D2;. The molecule has 11 aromatic carbocycles. The van der Waals surface area contributed by atoms with Gasteiger partial charge in [0.25, 0.3) is 0 Å². The number of anilines is 4. The van der Waals surface area contributed by atoms with Gasteiger partial charge in [-0.2, -0.15) is 6.07 Å². The number of ether oxygens (including phenoxy) is 1. The molecule has 408 valence electrons. The van der Waals surface area contributed by atoms with Crippen molar-refractivity contribution in [2.75, 3.05) is 9.80 Å². The number of pyridine rings is 1. The number of rotatable bonds is 12. The first kappa shape index (κ1) is 48.0. The van der Waals surface area contributed by atoms with Crippen LogP contribution in [0.25, 0.3) is 83.3 Å². The van der Waals surface area contributed by atoms with Crippen LogP contribution < -0.4 is 14.5 Å². The Morgan fingerprint density at radius 3 is 1.60 bits per heavy atom. The van der Waals surface area contributed by atoms with Crippen LogP contribution in [0.2, 0.25) is 0 Å². The Labute approximate surface area is 511 Å². The molecule has 13 aromatic rings. The molecule has 0 spiro atoms. The van der Waals surface area contributed by atoms with Gasteiger partial charge in [-0.1, -0.05) is 243 Å². The zero-order valence-corrected chi connectivity index (χ0v) is 48.0. The molecule has 0 unspecified atom stereocenters. The Kier molecular flexibility index (Phi) is 13.0. The van der Waals surface area contributed by atoms with Gasteiger partial charge in [-0.25, -0.2) is 4.98 Å². The topological polar surface area (TPSA) is 33.5 Å². The van der Waals surface area contributed by atoms with E-state index in [9.17, 15) is 5.48 Å². The van der Waals surface area contributed by atoms with Gasteiger partial charge in [-0.15, -0.1) is 53.6 Å². The van der Waals surface area contributed by atoms with Crippen molar-refractivity contribution in [1.29, 1.82) is 0 Å². The van der Waals surface area contributed by atoms with Crippen LogP contribution in [0.5, 0.6) is 11.5 Å². The Morgan fingerprint density at radius 1 is 0.440 bits per heavy atom. The molecule has 0 saturated heterocycles. The number of benzene rings is 11. The monoisotopic (exact) mass is 1260 g/mol. The van der Waals surface area contributed by atoms with E-state index in [4.69, 9.17) is 9.72 Å². The zero-order valence-electron chi connectivity index (χ0n) is 49.8. The molecule has 1 aliphatic carbocycles. The van der Waals surface area contributed by atoms with E-state index in [1.807, 2.05) is 71.3 Å². The molecule has 6 heteroatoms. The summed E-state index contributed by atoms with van der Waals surface area (Å²) in [7, 11) is 0. The summed E-state index contributed by atoms with van der Waals surface area (Å²) in [5.74, 6) is 1.42. The van der Waals surface area contributed by atoms with Gasteiger partial charge in [0.1, 0.15) is 5.82 Å². The molecule has 15 rings (SSSR count). The number of aromatic nitrogens is 2. The van der Waals surface area contributed by atoms with Gasteiger partial charge >= 0.3 is 0 Å². The first-order valence-electron chi connectivity index (χ1n) is 30.4. The van der Waals surface area contributed by atoms with Gasteiger partial charge in [0.2, 0.25) is 0 Å². The minimum Gasteiger partial charge on any atom is -0.509 e. The third-order valence-corrected chi connectivity index (χ3v) is 16.2. The van der Waals surface area contributed by atoms with E-state index in [2.05, 4.69) is 229 Å². The van der Waals surface area contributed by atoms with E-state index in [1.54, 1.807) is 12.3 Å². The Hall–Kier alpha value is -9.54. The molecule has 2 aliphatic rings. The van der Waals surface area contributed by atoms with Gasteiger partial charge in [0.05, 0.1) is 0 Å². The molecule has 0 atom stereocenters. The summed E-state index contributed by atoms with van der Waals surface area (Å²) in [6.45, 7) is 2.18. The first-order chi connectivity index (χ1) is 42.6. The number of nitrogens with zero attached hydrogens (tertiary/aromatic N) is 4. The Morgan fingerprint density at radius 2 is 0.976 bits per heavy atom. The summed E-state index contributed by atoms with van der Waals surface area (Å²) >= 11 is 0. The molecule has 2 aromatic heterocycles. The predicted octanol–water partition coefficient (Wildman–Crippen LogP) is 20.6. The molecule has 0 amide bonds. The van der Waals surface area contributed by atoms with Crippen LogP contribution in [-0.2, 0) is 26.5 Å². The quantitative estimate of drug-likeness (QED) is 0.114. The molecular formula is C78H57N4OPt-3. The minimum absolute atomic E-state index is 0. The van der Waals surface area contributed by atoms with E-state index in [1.165, 1.54) is 0 Å². The number of para-hydroxylation sites is 4. The predicted molar refractivity (Wildman–Crippen MR) is 342 cm³/mol. The van der Waals surface area contributed by atoms with Crippen LogP contribution in [0.15, 0.2) is 279 Å². The summed E-state index contributed by atoms with van der Waals surface area (Å²) in [6, 6.07) is 101. The van der Waals surface area contributed by atoms with E-state index in [0.717, 1.165) is 94.7 Å². The molecule has 3 heterocycles. The van der Waals surface area contributed by atoms with Crippen LogP contribution in [-0.4, -0.2) is 9.55 Å². The fraction of sp³-hybridized carbons (Fsp3) is 0.0769. The van der Waals surface area contributed by atoms with Crippen LogP contribution in [0.1, 0.15) is 48.6 Å². The maximum atomic E-state index is 9.69. The average Bonchev–Trinajstić information content (AvgIpc) is 0.901. The minimum atomic E-state index is -1.93. The van der Waals surface area contributed by atoms with Crippen molar-refractivity contribution in [1.82, 2.24) is 9.55 Å². The van der Waals surface area contributed by atoms with Gasteiger partial charge in [0.15, 0.2) is 0 Å². The van der Waals surface area contributed by atoms with Crippen molar-refractivity contribution in [3.63, 3.8) is 0 Å². The average molecular weight is 1270 g/mol. The van der Waals surface area contributed by atoms with E-state index in [-0.39, 0.29) is 33.9 Å². The second-order valence-electron chi connectivity index (χ2n) is 21.1. The van der Waals surface area contributed by atoms with Gasteiger partial charge in [-0.05, 0) is 98.5 Å². The van der Waals surface area contributed by atoms with Crippen LogP contribution in [0, 0.1) is 18.8 Å². The van der Waals surface area contributed by atoms with Crippen molar-refractivity contribution < 1.29 is 31.3 Å². The Bertz CT molecular complexity index is 4570. The summed E-state index contributed by atoms with van der Waals surface area (Å²) in [5, 5.41) is 1.89. The largest absolute Gasteiger partial charge is 0.509 e. The molecule has 1 aliphatic heterocycles. The third-order valence-electron chi connectivity index (χ3n) is 16.2. The molecule has 1 fully saturated rings.